The van der Waals surface area contributed by atoms with Crippen molar-refractivity contribution >= 4 is 0 Å². The zero-order valence-electron chi connectivity index (χ0n) is 28.4. The Morgan fingerprint density at radius 3 is 0.778 bits per heavy atom. The van der Waals surface area contributed by atoms with Crippen LogP contribution in [0, 0.1) is 0 Å². The van der Waals surface area contributed by atoms with Crippen LogP contribution in [0.25, 0.3) is 0 Å². The van der Waals surface area contributed by atoms with Crippen molar-refractivity contribution in [1.29, 1.82) is 0 Å². The van der Waals surface area contributed by atoms with Crippen molar-refractivity contribution in [2.75, 3.05) is 119 Å². The number of ether oxygens (including phenoxy) is 10. The summed E-state index contributed by atoms with van der Waals surface area (Å²) in [6.07, 6.45) is 1.91. The van der Waals surface area contributed by atoms with Crippen LogP contribution in [0.15, 0.2) is 60.7 Å². The minimum Gasteiger partial charge on any atom is -1.00 e. The third-order valence-corrected chi connectivity index (χ3v) is 6.03. The molecule has 0 amide bonds. The molecule has 0 unspecified atom stereocenters. The van der Waals surface area contributed by atoms with Crippen molar-refractivity contribution < 1.29 is 100 Å². The largest absolute Gasteiger partial charge is 1.00 e. The van der Waals surface area contributed by atoms with Crippen molar-refractivity contribution in [2.45, 2.75) is 26.1 Å². The molecule has 0 aliphatic rings. The Labute approximate surface area is 314 Å². The van der Waals surface area contributed by atoms with E-state index in [0.717, 1.165) is 24.0 Å². The Hall–Kier alpha value is -0.324. The van der Waals surface area contributed by atoms with Gasteiger partial charge < -0.3 is 48.8 Å². The zero-order chi connectivity index (χ0) is 30.9. The maximum atomic E-state index is 5.59. The molecule has 0 saturated heterocycles. The molecule has 0 atom stereocenters. The normalized spacial score (nSPS) is 11.1. The van der Waals surface area contributed by atoms with Gasteiger partial charge in [-0.3, -0.25) is 0 Å². The first-order valence-corrected chi connectivity index (χ1v) is 15.8. The second kappa shape index (κ2) is 35.0. The van der Waals surface area contributed by atoms with Gasteiger partial charge in [-0.2, -0.15) is 0 Å². The van der Waals surface area contributed by atoms with Crippen LogP contribution in [0.5, 0.6) is 0 Å². The molecule has 2 aromatic rings. The van der Waals surface area contributed by atoms with Crippen LogP contribution in [0.2, 0.25) is 0 Å². The van der Waals surface area contributed by atoms with Crippen LogP contribution in [-0.4, -0.2) is 119 Å². The molecule has 0 fully saturated rings. The number of benzene rings is 2. The fourth-order valence-electron chi connectivity index (χ4n) is 3.70. The van der Waals surface area contributed by atoms with E-state index in [1.54, 1.807) is 0 Å². The van der Waals surface area contributed by atoms with Crippen LogP contribution in [0.1, 0.15) is 25.4 Å². The van der Waals surface area contributed by atoms with Crippen LogP contribution in [-0.2, 0) is 60.6 Å². The second-order valence-corrected chi connectivity index (χ2v) is 9.68. The Kier molecular flexibility index (Phi) is 33.2. The van der Waals surface area contributed by atoms with Gasteiger partial charge in [0.05, 0.1) is 119 Å². The molecule has 0 radical (unpaired) electrons. The molecule has 252 valence electrons. The maximum absolute atomic E-state index is 5.59. The monoisotopic (exact) mass is 662 g/mol. The van der Waals surface area contributed by atoms with Gasteiger partial charge in [0.25, 0.3) is 0 Å². The Morgan fingerprint density at radius 1 is 0.289 bits per heavy atom. The Bertz CT molecular complexity index is 772. The summed E-state index contributed by atoms with van der Waals surface area (Å²) in [5, 5.41) is 0. The van der Waals surface area contributed by atoms with Gasteiger partial charge in [0.2, 0.25) is 0 Å². The number of hydrogen-bond donors (Lipinski definition) is 0. The summed E-state index contributed by atoms with van der Waals surface area (Å²) in [6.45, 7) is 11.5. The van der Waals surface area contributed by atoms with Crippen molar-refractivity contribution in [2.24, 2.45) is 0 Å². The van der Waals surface area contributed by atoms with Crippen LogP contribution in [0.4, 0.5) is 0 Å². The van der Waals surface area contributed by atoms with Crippen molar-refractivity contribution in [1.82, 2.24) is 0 Å². The molecule has 0 spiro atoms. The van der Waals surface area contributed by atoms with E-state index >= 15 is 0 Å². The summed E-state index contributed by atoms with van der Waals surface area (Å²) in [5.41, 5.74) is 2.33. The van der Waals surface area contributed by atoms with Gasteiger partial charge >= 0.3 is 51.4 Å². The summed E-state index contributed by atoms with van der Waals surface area (Å²) in [4.78, 5) is 0. The van der Waals surface area contributed by atoms with E-state index in [4.69, 9.17) is 47.4 Å². The van der Waals surface area contributed by atoms with E-state index in [1.807, 2.05) is 60.7 Å². The van der Waals surface area contributed by atoms with Crippen LogP contribution < -0.4 is 51.4 Å². The maximum Gasteiger partial charge on any atom is 1.00 e. The predicted octanol–water partition coefficient (Wildman–Crippen LogP) is 1.45. The van der Waals surface area contributed by atoms with Gasteiger partial charge in [-0.25, -0.2) is 0 Å². The number of unbranched alkanes of at least 4 members (excludes halogenated alkanes) is 1. The molecule has 11 heteroatoms. The van der Waals surface area contributed by atoms with E-state index in [0.29, 0.717) is 132 Å². The predicted molar refractivity (Wildman–Crippen MR) is 169 cm³/mol. The van der Waals surface area contributed by atoms with E-state index in [-0.39, 0.29) is 52.8 Å². The first-order chi connectivity index (χ1) is 21.9. The summed E-state index contributed by atoms with van der Waals surface area (Å²) in [7, 11) is 0. The van der Waals surface area contributed by atoms with Crippen LogP contribution >= 0.6 is 0 Å². The molecule has 0 aliphatic carbocycles. The number of rotatable bonds is 33. The second-order valence-electron chi connectivity index (χ2n) is 9.68. The van der Waals surface area contributed by atoms with Gasteiger partial charge in [-0.1, -0.05) is 60.7 Å². The standard InChI is InChI=1S/C34H54O10.K.H/c1-3-9-33(10-4-1)31-43-29-27-41-25-23-39-21-19-37-17-15-35-13-7-8-14-36-16-18-38-20-22-40-24-26-42-28-30-44-32-34-11-5-2-6-12-34;;/h1-6,9-12H,7-8,13-32H2;;/q;+1;-1. The molecule has 0 saturated carbocycles. The average molecular weight is 663 g/mol. The molecule has 0 aliphatic heterocycles. The third kappa shape index (κ3) is 29.5. The van der Waals surface area contributed by atoms with Gasteiger partial charge in [0, 0.05) is 13.2 Å². The molecule has 2 rings (SSSR count). The van der Waals surface area contributed by atoms with Crippen molar-refractivity contribution in [3.8, 4) is 0 Å². The summed E-state index contributed by atoms with van der Waals surface area (Å²) in [5.74, 6) is 0. The smallest absolute Gasteiger partial charge is 1.00 e. The molecule has 0 bridgehead atoms. The van der Waals surface area contributed by atoms with Gasteiger partial charge in [-0.15, -0.1) is 0 Å². The molecule has 2 aromatic carbocycles. The first kappa shape index (κ1) is 42.7. The van der Waals surface area contributed by atoms with Gasteiger partial charge in [0.1, 0.15) is 0 Å². The Morgan fingerprint density at radius 2 is 0.511 bits per heavy atom. The molecule has 0 aromatic heterocycles. The van der Waals surface area contributed by atoms with E-state index in [2.05, 4.69) is 0 Å². The average Bonchev–Trinajstić information content (AvgIpc) is 3.06. The molecule has 45 heavy (non-hydrogen) atoms. The third-order valence-electron chi connectivity index (χ3n) is 6.03. The molecular formula is C34H55KO10. The fourth-order valence-corrected chi connectivity index (χ4v) is 3.70. The SMILES string of the molecule is [H-].[K+].c1ccc(COCCOCCOCCOCCOCCCCOCCOCCOCCOCCOCc2ccccc2)cc1. The van der Waals surface area contributed by atoms with Crippen LogP contribution in [0.3, 0.4) is 0 Å². The minimum atomic E-state index is 0. The molecule has 0 heterocycles. The fraction of sp³-hybridized carbons (Fsp3) is 0.647. The zero-order valence-corrected chi connectivity index (χ0v) is 30.5. The summed E-state index contributed by atoms with van der Waals surface area (Å²) >= 11 is 0. The first-order valence-electron chi connectivity index (χ1n) is 15.8. The van der Waals surface area contributed by atoms with Gasteiger partial charge in [-0.05, 0) is 24.0 Å². The van der Waals surface area contributed by atoms with Gasteiger partial charge in [0.15, 0.2) is 0 Å². The van der Waals surface area contributed by atoms with E-state index in [1.165, 1.54) is 0 Å². The van der Waals surface area contributed by atoms with Crippen molar-refractivity contribution in [3.05, 3.63) is 71.8 Å². The van der Waals surface area contributed by atoms with Crippen molar-refractivity contribution in [3.63, 3.8) is 0 Å². The minimum absolute atomic E-state index is 0. The molecular weight excluding hydrogens is 607 g/mol. The molecule has 10 nitrogen and oxygen atoms in total. The van der Waals surface area contributed by atoms with E-state index < -0.39 is 0 Å². The quantitative estimate of drug-likeness (QED) is 0.0827. The topological polar surface area (TPSA) is 92.3 Å². The number of hydrogen-bond acceptors (Lipinski definition) is 10. The summed E-state index contributed by atoms with van der Waals surface area (Å²) < 4.78 is 55.3. The van der Waals surface area contributed by atoms with E-state index in [9.17, 15) is 0 Å². The molecule has 0 N–H and O–H groups in total. The summed E-state index contributed by atoms with van der Waals surface area (Å²) in [6, 6.07) is 20.2. The Balaban J connectivity index is 0.0000101.